The highest BCUT2D eigenvalue weighted by Crippen LogP contribution is 2.28. The molecule has 1 amide bonds. The molecular weight excluding hydrogens is 358 g/mol. The van der Waals surface area contributed by atoms with Crippen LogP contribution in [-0.2, 0) is 0 Å². The number of ether oxygens (including phenoxy) is 2. The molecule has 0 aliphatic rings. The molecule has 0 bridgehead atoms. The van der Waals surface area contributed by atoms with E-state index in [1.807, 2.05) is 6.07 Å². The largest absolute Gasteiger partial charge is 0.493 e. The van der Waals surface area contributed by atoms with E-state index >= 15 is 0 Å². The van der Waals surface area contributed by atoms with Gasteiger partial charge >= 0.3 is 5.97 Å². The van der Waals surface area contributed by atoms with Gasteiger partial charge in [0.05, 0.1) is 18.9 Å². The van der Waals surface area contributed by atoms with Gasteiger partial charge in [-0.05, 0) is 48.0 Å². The predicted molar refractivity (Wildman–Crippen MR) is 104 cm³/mol. The van der Waals surface area contributed by atoms with Crippen LogP contribution >= 0.6 is 0 Å². The molecule has 1 aromatic heterocycles. The normalized spacial score (nSPS) is 10.5. The van der Waals surface area contributed by atoms with Crippen LogP contribution in [0, 0.1) is 0 Å². The molecule has 7 nitrogen and oxygen atoms in total. The standard InChI is InChI=1S/C21H17N3O4/c1-27-19-13-15(14-23-24-20(25)16-9-11-22-12-10-16)7-8-18(19)28-21(26)17-5-3-2-4-6-17/h2-14H,1H3,(H,24,25). The summed E-state index contributed by atoms with van der Waals surface area (Å²) in [7, 11) is 1.47. The molecule has 1 N–H and O–H groups in total. The second-order valence-corrected chi connectivity index (χ2v) is 5.60. The molecule has 140 valence electrons. The molecule has 0 atom stereocenters. The van der Waals surface area contributed by atoms with E-state index in [-0.39, 0.29) is 11.7 Å². The Labute approximate surface area is 161 Å². The SMILES string of the molecule is COc1cc(C=NNC(=O)c2ccncc2)ccc1OC(=O)c1ccccc1. The summed E-state index contributed by atoms with van der Waals surface area (Å²) in [5.41, 5.74) is 3.98. The molecule has 0 aliphatic heterocycles. The van der Waals surface area contributed by atoms with Crippen molar-refractivity contribution in [3.8, 4) is 11.5 Å². The lowest BCUT2D eigenvalue weighted by Crippen LogP contribution is -2.17. The Bertz CT molecular complexity index is 989. The van der Waals surface area contributed by atoms with Crippen molar-refractivity contribution >= 4 is 18.1 Å². The molecule has 1 heterocycles. The van der Waals surface area contributed by atoms with Crippen molar-refractivity contribution in [2.75, 3.05) is 7.11 Å². The van der Waals surface area contributed by atoms with Crippen LogP contribution in [0.3, 0.4) is 0 Å². The predicted octanol–water partition coefficient (Wildman–Crippen LogP) is 3.07. The monoisotopic (exact) mass is 375 g/mol. The first-order chi connectivity index (χ1) is 13.7. The van der Waals surface area contributed by atoms with E-state index < -0.39 is 5.97 Å². The number of hydrazone groups is 1. The summed E-state index contributed by atoms with van der Waals surface area (Å²) in [6, 6.07) is 16.8. The minimum atomic E-state index is -0.482. The molecule has 0 saturated heterocycles. The first-order valence-corrected chi connectivity index (χ1v) is 8.36. The van der Waals surface area contributed by atoms with Crippen molar-refractivity contribution < 1.29 is 19.1 Å². The Kier molecular flexibility index (Phi) is 6.10. The van der Waals surface area contributed by atoms with E-state index in [1.54, 1.807) is 54.6 Å². The van der Waals surface area contributed by atoms with Crippen LogP contribution in [0.5, 0.6) is 11.5 Å². The lowest BCUT2D eigenvalue weighted by Gasteiger charge is -2.10. The van der Waals surface area contributed by atoms with E-state index in [0.717, 1.165) is 0 Å². The molecule has 28 heavy (non-hydrogen) atoms. The molecule has 0 radical (unpaired) electrons. The topological polar surface area (TPSA) is 89.9 Å². The second-order valence-electron chi connectivity index (χ2n) is 5.60. The maximum atomic E-state index is 12.2. The second kappa shape index (κ2) is 9.09. The average molecular weight is 375 g/mol. The van der Waals surface area contributed by atoms with Crippen LogP contribution in [0.4, 0.5) is 0 Å². The molecule has 0 spiro atoms. The zero-order valence-electron chi connectivity index (χ0n) is 15.0. The third-order valence-electron chi connectivity index (χ3n) is 3.72. The molecule has 2 aromatic carbocycles. The number of benzene rings is 2. The van der Waals surface area contributed by atoms with Crippen LogP contribution in [0.25, 0.3) is 0 Å². The molecule has 0 saturated carbocycles. The van der Waals surface area contributed by atoms with Gasteiger partial charge in [0.25, 0.3) is 5.91 Å². The average Bonchev–Trinajstić information content (AvgIpc) is 2.75. The maximum absolute atomic E-state index is 12.2. The minimum absolute atomic E-state index is 0.286. The molecule has 0 fully saturated rings. The van der Waals surface area contributed by atoms with E-state index in [1.165, 1.54) is 25.7 Å². The number of nitrogens with one attached hydrogen (secondary N) is 1. The lowest BCUT2D eigenvalue weighted by atomic mass is 10.2. The van der Waals surface area contributed by atoms with Crippen molar-refractivity contribution in [1.82, 2.24) is 10.4 Å². The van der Waals surface area contributed by atoms with Gasteiger partial charge in [-0.25, -0.2) is 10.2 Å². The summed E-state index contributed by atoms with van der Waals surface area (Å²) in [5.74, 6) is -0.174. The highest BCUT2D eigenvalue weighted by atomic mass is 16.6. The van der Waals surface area contributed by atoms with Gasteiger partial charge < -0.3 is 9.47 Å². The number of nitrogens with zero attached hydrogens (tertiary/aromatic N) is 2. The summed E-state index contributed by atoms with van der Waals surface area (Å²) in [6.07, 6.45) is 4.52. The van der Waals surface area contributed by atoms with Crippen molar-refractivity contribution in [3.05, 3.63) is 89.7 Å². The van der Waals surface area contributed by atoms with Crippen molar-refractivity contribution in [1.29, 1.82) is 0 Å². The van der Waals surface area contributed by atoms with Gasteiger partial charge in [0.2, 0.25) is 0 Å². The zero-order valence-corrected chi connectivity index (χ0v) is 15.0. The Balaban J connectivity index is 1.67. The van der Waals surface area contributed by atoms with Crippen LogP contribution in [-0.4, -0.2) is 30.2 Å². The van der Waals surface area contributed by atoms with E-state index in [9.17, 15) is 9.59 Å². The number of pyridine rings is 1. The number of hydrogen-bond acceptors (Lipinski definition) is 6. The Morgan fingerprint density at radius 2 is 1.71 bits per heavy atom. The Morgan fingerprint density at radius 1 is 0.964 bits per heavy atom. The van der Waals surface area contributed by atoms with Gasteiger partial charge in [0.15, 0.2) is 11.5 Å². The molecule has 0 aliphatic carbocycles. The number of rotatable bonds is 6. The first-order valence-electron chi connectivity index (χ1n) is 8.36. The van der Waals surface area contributed by atoms with Crippen molar-refractivity contribution in [2.45, 2.75) is 0 Å². The minimum Gasteiger partial charge on any atom is -0.493 e. The summed E-state index contributed by atoms with van der Waals surface area (Å²) < 4.78 is 10.7. The fourth-order valence-corrected chi connectivity index (χ4v) is 2.32. The summed E-state index contributed by atoms with van der Waals surface area (Å²) in [6.45, 7) is 0. The van der Waals surface area contributed by atoms with Gasteiger partial charge in [0, 0.05) is 18.0 Å². The molecule has 3 aromatic rings. The van der Waals surface area contributed by atoms with Crippen molar-refractivity contribution in [3.63, 3.8) is 0 Å². The lowest BCUT2D eigenvalue weighted by molar-refractivity contribution is 0.0729. The number of esters is 1. The number of amides is 1. The van der Waals surface area contributed by atoms with Crippen LogP contribution in [0.1, 0.15) is 26.3 Å². The van der Waals surface area contributed by atoms with Crippen molar-refractivity contribution in [2.24, 2.45) is 5.10 Å². The van der Waals surface area contributed by atoms with E-state index in [2.05, 4.69) is 15.5 Å². The Hall–Kier alpha value is -4.00. The van der Waals surface area contributed by atoms with Gasteiger partial charge in [-0.15, -0.1) is 0 Å². The Morgan fingerprint density at radius 3 is 2.43 bits per heavy atom. The maximum Gasteiger partial charge on any atom is 0.343 e. The number of carbonyl (C=O) groups is 2. The number of aromatic nitrogens is 1. The highest BCUT2D eigenvalue weighted by Gasteiger charge is 2.12. The fourth-order valence-electron chi connectivity index (χ4n) is 2.32. The molecule has 7 heteroatoms. The van der Waals surface area contributed by atoms with Crippen LogP contribution in [0.2, 0.25) is 0 Å². The summed E-state index contributed by atoms with van der Waals surface area (Å²) >= 11 is 0. The summed E-state index contributed by atoms with van der Waals surface area (Å²) in [4.78, 5) is 28.0. The van der Waals surface area contributed by atoms with Gasteiger partial charge in [0.1, 0.15) is 0 Å². The van der Waals surface area contributed by atoms with Gasteiger partial charge in [-0.2, -0.15) is 5.10 Å². The smallest absolute Gasteiger partial charge is 0.343 e. The number of hydrogen-bond donors (Lipinski definition) is 1. The van der Waals surface area contributed by atoms with Gasteiger partial charge in [-0.3, -0.25) is 9.78 Å². The molecule has 0 unspecified atom stereocenters. The van der Waals surface area contributed by atoms with E-state index in [0.29, 0.717) is 22.4 Å². The summed E-state index contributed by atoms with van der Waals surface area (Å²) in [5, 5.41) is 3.92. The van der Waals surface area contributed by atoms with Crippen LogP contribution in [0.15, 0.2) is 78.2 Å². The van der Waals surface area contributed by atoms with Crippen LogP contribution < -0.4 is 14.9 Å². The number of methoxy groups -OCH3 is 1. The quantitative estimate of drug-likeness (QED) is 0.309. The first kappa shape index (κ1) is 18.8. The highest BCUT2D eigenvalue weighted by molar-refractivity contribution is 5.95. The fraction of sp³-hybridized carbons (Fsp3) is 0.0476. The molecule has 3 rings (SSSR count). The molecular formula is C21H17N3O4. The third-order valence-corrected chi connectivity index (χ3v) is 3.72. The third kappa shape index (κ3) is 4.79. The van der Waals surface area contributed by atoms with Gasteiger partial charge in [-0.1, -0.05) is 18.2 Å². The van der Waals surface area contributed by atoms with E-state index in [4.69, 9.17) is 9.47 Å². The zero-order chi connectivity index (χ0) is 19.8. The number of carbonyl (C=O) groups excluding carboxylic acids is 2.